The van der Waals surface area contributed by atoms with Gasteiger partial charge in [-0.15, -0.1) is 11.3 Å². The maximum atomic E-state index is 12.8. The number of para-hydroxylation sites is 2. The van der Waals surface area contributed by atoms with Crippen molar-refractivity contribution in [3.8, 4) is 16.3 Å². The molecule has 0 radical (unpaired) electrons. The first-order chi connectivity index (χ1) is 12.1. The van der Waals surface area contributed by atoms with Gasteiger partial charge in [0.2, 0.25) is 0 Å². The number of aromatic nitrogens is 2. The van der Waals surface area contributed by atoms with Crippen LogP contribution in [0.15, 0.2) is 52.4 Å². The van der Waals surface area contributed by atoms with E-state index in [4.69, 9.17) is 4.52 Å². The number of nitrogens with one attached hydrogen (secondary N) is 1. The van der Waals surface area contributed by atoms with Gasteiger partial charge in [0.1, 0.15) is 5.75 Å². The van der Waals surface area contributed by atoms with Crippen LogP contribution in [0.1, 0.15) is 16.1 Å². The average Bonchev–Trinajstić information content (AvgIpc) is 3.26. The Labute approximate surface area is 146 Å². The Bertz CT molecular complexity index is 1070. The lowest BCUT2D eigenvalue weighted by Gasteiger charge is -2.09. The smallest absolute Gasteiger partial charge is 0.259 e. The highest BCUT2D eigenvalue weighted by Crippen LogP contribution is 2.30. The molecule has 0 unspecified atom stereocenters. The quantitative estimate of drug-likeness (QED) is 0.540. The van der Waals surface area contributed by atoms with Crippen LogP contribution in [0.4, 0.5) is 5.69 Å². The number of anilines is 1. The minimum absolute atomic E-state index is 0.00155. The van der Waals surface area contributed by atoms with Crippen LogP contribution in [-0.4, -0.2) is 21.2 Å². The molecule has 0 aliphatic carbocycles. The number of phenolic OH excluding ortho intramolecular Hbond substituents is 1. The van der Waals surface area contributed by atoms with Gasteiger partial charge < -0.3 is 14.9 Å². The summed E-state index contributed by atoms with van der Waals surface area (Å²) in [5.41, 5.74) is 2.27. The molecule has 0 aliphatic rings. The monoisotopic (exact) mass is 351 g/mol. The van der Waals surface area contributed by atoms with Crippen LogP contribution >= 0.6 is 11.3 Å². The van der Waals surface area contributed by atoms with Gasteiger partial charge in [0, 0.05) is 0 Å². The van der Waals surface area contributed by atoms with Crippen LogP contribution in [0.3, 0.4) is 0 Å². The summed E-state index contributed by atoms with van der Waals surface area (Å²) in [5, 5.41) is 19.0. The number of pyridine rings is 1. The number of hydrogen-bond donors (Lipinski definition) is 2. The van der Waals surface area contributed by atoms with E-state index < -0.39 is 0 Å². The first-order valence-corrected chi connectivity index (χ1v) is 8.41. The molecule has 0 spiro atoms. The van der Waals surface area contributed by atoms with Crippen molar-refractivity contribution in [2.75, 3.05) is 5.32 Å². The third-order valence-corrected chi connectivity index (χ3v) is 4.68. The molecule has 0 aliphatic heterocycles. The maximum absolute atomic E-state index is 12.8. The predicted molar refractivity (Wildman–Crippen MR) is 95.9 cm³/mol. The molecule has 2 N–H and O–H groups in total. The van der Waals surface area contributed by atoms with E-state index in [9.17, 15) is 9.90 Å². The van der Waals surface area contributed by atoms with Gasteiger partial charge in [0.15, 0.2) is 0 Å². The van der Waals surface area contributed by atoms with Crippen LogP contribution in [-0.2, 0) is 0 Å². The molecule has 25 heavy (non-hydrogen) atoms. The van der Waals surface area contributed by atoms with Gasteiger partial charge in [0.05, 0.1) is 32.9 Å². The molecule has 3 heterocycles. The number of rotatable bonds is 3. The molecule has 7 heteroatoms. The standard InChI is InChI=1S/C18H13N3O3S/c1-10-16-11(17(23)19-12-5-2-3-6-14(12)22)9-13(15-7-4-8-25-15)20-18(16)24-21-10/h2-9,22H,1H3,(H,19,23). The number of hydrogen-bond acceptors (Lipinski definition) is 6. The third-order valence-electron chi connectivity index (χ3n) is 3.79. The second-order valence-corrected chi connectivity index (χ2v) is 6.40. The minimum Gasteiger partial charge on any atom is -0.506 e. The number of nitrogens with zero attached hydrogens (tertiary/aromatic N) is 2. The second kappa shape index (κ2) is 6.03. The van der Waals surface area contributed by atoms with Crippen molar-refractivity contribution in [1.82, 2.24) is 10.1 Å². The van der Waals surface area contributed by atoms with Gasteiger partial charge in [-0.2, -0.15) is 0 Å². The van der Waals surface area contributed by atoms with E-state index in [1.54, 1.807) is 31.2 Å². The Morgan fingerprint density at radius 3 is 2.84 bits per heavy atom. The van der Waals surface area contributed by atoms with Gasteiger partial charge in [-0.25, -0.2) is 4.98 Å². The van der Waals surface area contributed by atoms with Gasteiger partial charge in [-0.3, -0.25) is 4.79 Å². The van der Waals surface area contributed by atoms with Crippen molar-refractivity contribution in [1.29, 1.82) is 0 Å². The SMILES string of the molecule is Cc1noc2nc(-c3cccs3)cc(C(=O)Nc3ccccc3O)c12. The molecular weight excluding hydrogens is 338 g/mol. The molecule has 4 rings (SSSR count). The lowest BCUT2D eigenvalue weighted by atomic mass is 10.1. The fraction of sp³-hybridized carbons (Fsp3) is 0.0556. The highest BCUT2D eigenvalue weighted by molar-refractivity contribution is 7.13. The van der Waals surface area contributed by atoms with E-state index in [1.807, 2.05) is 17.5 Å². The van der Waals surface area contributed by atoms with Crippen LogP contribution in [0, 0.1) is 6.92 Å². The van der Waals surface area contributed by atoms with E-state index in [0.29, 0.717) is 33.7 Å². The zero-order chi connectivity index (χ0) is 17.4. The average molecular weight is 351 g/mol. The number of carbonyl (C=O) groups excluding carboxylic acids is 1. The highest BCUT2D eigenvalue weighted by Gasteiger charge is 2.20. The number of phenols is 1. The number of aromatic hydroxyl groups is 1. The Hall–Kier alpha value is -3.19. The normalized spacial score (nSPS) is 10.9. The van der Waals surface area contributed by atoms with Crippen molar-refractivity contribution in [2.45, 2.75) is 6.92 Å². The lowest BCUT2D eigenvalue weighted by Crippen LogP contribution is -2.13. The number of aryl methyl sites for hydroxylation is 1. The van der Waals surface area contributed by atoms with Gasteiger partial charge in [-0.1, -0.05) is 23.4 Å². The lowest BCUT2D eigenvalue weighted by molar-refractivity contribution is 0.102. The van der Waals surface area contributed by atoms with Gasteiger partial charge >= 0.3 is 0 Å². The Balaban J connectivity index is 1.83. The van der Waals surface area contributed by atoms with Crippen LogP contribution in [0.25, 0.3) is 21.7 Å². The summed E-state index contributed by atoms with van der Waals surface area (Å²) in [6.07, 6.45) is 0. The molecule has 1 aromatic carbocycles. The predicted octanol–water partition coefficient (Wildman–Crippen LogP) is 4.22. The van der Waals surface area contributed by atoms with E-state index in [2.05, 4.69) is 15.5 Å². The molecule has 0 saturated carbocycles. The van der Waals surface area contributed by atoms with Crippen LogP contribution in [0.2, 0.25) is 0 Å². The summed E-state index contributed by atoms with van der Waals surface area (Å²) >= 11 is 1.52. The summed E-state index contributed by atoms with van der Waals surface area (Å²) in [6, 6.07) is 12.1. The second-order valence-electron chi connectivity index (χ2n) is 5.45. The van der Waals surface area contributed by atoms with Crippen molar-refractivity contribution in [3.63, 3.8) is 0 Å². The Kier molecular flexibility index (Phi) is 3.70. The van der Waals surface area contributed by atoms with E-state index in [0.717, 1.165) is 4.88 Å². The van der Waals surface area contributed by atoms with Crippen molar-refractivity contribution < 1.29 is 14.4 Å². The maximum Gasteiger partial charge on any atom is 0.259 e. The summed E-state index contributed by atoms with van der Waals surface area (Å²) < 4.78 is 5.27. The van der Waals surface area contributed by atoms with Crippen molar-refractivity contribution in [2.24, 2.45) is 0 Å². The number of amides is 1. The van der Waals surface area contributed by atoms with E-state index >= 15 is 0 Å². The van der Waals surface area contributed by atoms with Crippen LogP contribution in [0.5, 0.6) is 5.75 Å². The fourth-order valence-electron chi connectivity index (χ4n) is 2.59. The molecular formula is C18H13N3O3S. The van der Waals surface area contributed by atoms with Gasteiger partial charge in [-0.05, 0) is 36.6 Å². The molecule has 0 fully saturated rings. The number of carbonyl (C=O) groups is 1. The summed E-state index contributed by atoms with van der Waals surface area (Å²) in [4.78, 5) is 18.2. The molecule has 0 atom stereocenters. The molecule has 6 nitrogen and oxygen atoms in total. The summed E-state index contributed by atoms with van der Waals surface area (Å²) in [5.74, 6) is -0.361. The fourth-order valence-corrected chi connectivity index (χ4v) is 3.28. The first kappa shape index (κ1) is 15.3. The Morgan fingerprint density at radius 2 is 2.08 bits per heavy atom. The molecule has 124 valence electrons. The third kappa shape index (κ3) is 2.74. The summed E-state index contributed by atoms with van der Waals surface area (Å²) in [7, 11) is 0. The molecule has 0 bridgehead atoms. The van der Waals surface area contributed by atoms with Crippen molar-refractivity contribution >= 4 is 34.0 Å². The van der Waals surface area contributed by atoms with E-state index in [-0.39, 0.29) is 11.7 Å². The first-order valence-electron chi connectivity index (χ1n) is 7.54. The number of thiophene rings is 1. The largest absolute Gasteiger partial charge is 0.506 e. The van der Waals surface area contributed by atoms with E-state index in [1.165, 1.54) is 17.4 Å². The zero-order valence-electron chi connectivity index (χ0n) is 13.2. The molecule has 1 amide bonds. The number of benzene rings is 1. The minimum atomic E-state index is -0.363. The topological polar surface area (TPSA) is 88.2 Å². The van der Waals surface area contributed by atoms with Crippen LogP contribution < -0.4 is 5.32 Å². The van der Waals surface area contributed by atoms with Gasteiger partial charge in [0.25, 0.3) is 11.6 Å². The highest BCUT2D eigenvalue weighted by atomic mass is 32.1. The Morgan fingerprint density at radius 1 is 1.24 bits per heavy atom. The van der Waals surface area contributed by atoms with Crippen molar-refractivity contribution in [3.05, 3.63) is 59.1 Å². The number of fused-ring (bicyclic) bond motifs is 1. The molecule has 0 saturated heterocycles. The zero-order valence-corrected chi connectivity index (χ0v) is 14.0. The molecule has 3 aromatic heterocycles. The summed E-state index contributed by atoms with van der Waals surface area (Å²) in [6.45, 7) is 1.76. The molecule has 4 aromatic rings.